The van der Waals surface area contributed by atoms with Gasteiger partial charge in [-0.2, -0.15) is 0 Å². The number of nitrogens with two attached hydrogens (primary N) is 1. The number of rotatable bonds is 1. The van der Waals surface area contributed by atoms with Gasteiger partial charge in [0, 0.05) is 0 Å². The average Bonchev–Trinajstić information content (AvgIpc) is 2.11. The van der Waals surface area contributed by atoms with Crippen LogP contribution in [-0.2, 0) is 10.0 Å². The monoisotopic (exact) mass is 289 g/mol. The molecule has 1 aromatic heterocycles. The fourth-order valence-corrected chi connectivity index (χ4v) is 3.25. The zero-order valence-corrected chi connectivity index (χ0v) is 8.53. The van der Waals surface area contributed by atoms with Crippen molar-refractivity contribution in [2.24, 2.45) is 5.14 Å². The van der Waals surface area contributed by atoms with Crippen molar-refractivity contribution in [2.45, 2.75) is 4.21 Å². The first-order chi connectivity index (χ1) is 4.50. The van der Waals surface area contributed by atoms with Crippen LogP contribution in [-0.4, -0.2) is 8.42 Å². The van der Waals surface area contributed by atoms with Gasteiger partial charge in [0.05, 0.1) is 2.88 Å². The minimum absolute atomic E-state index is 0.219. The van der Waals surface area contributed by atoms with Gasteiger partial charge in [-0.05, 0) is 34.7 Å². The Balaban J connectivity index is 3.21. The highest BCUT2D eigenvalue weighted by Gasteiger charge is 2.09. The summed E-state index contributed by atoms with van der Waals surface area (Å²) in [5.41, 5.74) is 0. The highest BCUT2D eigenvalue weighted by atomic mass is 127. The average molecular weight is 289 g/mol. The van der Waals surface area contributed by atoms with E-state index in [1.165, 1.54) is 17.4 Å². The molecule has 0 amide bonds. The van der Waals surface area contributed by atoms with Gasteiger partial charge in [-0.25, -0.2) is 13.6 Å². The summed E-state index contributed by atoms with van der Waals surface area (Å²) in [6.45, 7) is 0. The predicted molar refractivity (Wildman–Crippen MR) is 48.4 cm³/mol. The van der Waals surface area contributed by atoms with E-state index in [1.807, 2.05) is 22.6 Å². The minimum atomic E-state index is -3.47. The molecule has 0 aliphatic carbocycles. The number of hydrogen-bond donors (Lipinski definition) is 1. The second-order valence-corrected chi connectivity index (χ2v) is 6.37. The number of hydrogen-bond acceptors (Lipinski definition) is 3. The van der Waals surface area contributed by atoms with Crippen molar-refractivity contribution in [1.82, 2.24) is 0 Å². The van der Waals surface area contributed by atoms with Crippen LogP contribution in [0.3, 0.4) is 0 Å². The summed E-state index contributed by atoms with van der Waals surface area (Å²) in [5, 5.41) is 4.85. The fourth-order valence-electron chi connectivity index (χ4n) is 0.451. The van der Waals surface area contributed by atoms with Crippen LogP contribution in [0.15, 0.2) is 16.3 Å². The minimum Gasteiger partial charge on any atom is -0.224 e. The normalized spacial score (nSPS) is 11.8. The van der Waals surface area contributed by atoms with Crippen molar-refractivity contribution in [3.63, 3.8) is 0 Å². The summed E-state index contributed by atoms with van der Waals surface area (Å²) >= 11 is 3.21. The molecule has 0 saturated heterocycles. The molecule has 2 N–H and O–H groups in total. The lowest BCUT2D eigenvalue weighted by Crippen LogP contribution is -2.09. The van der Waals surface area contributed by atoms with Crippen LogP contribution in [0.1, 0.15) is 0 Å². The Morgan fingerprint density at radius 1 is 1.50 bits per heavy atom. The van der Waals surface area contributed by atoms with Crippen molar-refractivity contribution < 1.29 is 8.42 Å². The van der Waals surface area contributed by atoms with Gasteiger partial charge in [-0.3, -0.25) is 0 Å². The third-order valence-corrected chi connectivity index (χ3v) is 4.16. The molecular weight excluding hydrogens is 285 g/mol. The second kappa shape index (κ2) is 2.76. The van der Waals surface area contributed by atoms with E-state index < -0.39 is 10.0 Å². The van der Waals surface area contributed by atoms with E-state index in [1.54, 1.807) is 6.07 Å². The molecule has 0 fully saturated rings. The molecule has 0 radical (unpaired) electrons. The zero-order chi connectivity index (χ0) is 7.78. The van der Waals surface area contributed by atoms with Crippen LogP contribution in [0.4, 0.5) is 0 Å². The first-order valence-corrected chi connectivity index (χ1v) is 5.72. The van der Waals surface area contributed by atoms with Gasteiger partial charge in [0.15, 0.2) is 0 Å². The standard InChI is InChI=1S/C4H4INO2S2/c5-3-1-2-4(9-3)10(6,7)8/h1-2H,(H2,6,7,8). The quantitative estimate of drug-likeness (QED) is 0.784. The van der Waals surface area contributed by atoms with Crippen molar-refractivity contribution in [1.29, 1.82) is 0 Å². The smallest absolute Gasteiger partial charge is 0.224 e. The lowest BCUT2D eigenvalue weighted by Gasteiger charge is -1.86. The molecule has 0 aromatic carbocycles. The summed E-state index contributed by atoms with van der Waals surface area (Å²) in [7, 11) is -3.47. The second-order valence-electron chi connectivity index (χ2n) is 1.60. The third-order valence-electron chi connectivity index (χ3n) is 0.829. The molecule has 1 rings (SSSR count). The Kier molecular flexibility index (Phi) is 2.33. The summed E-state index contributed by atoms with van der Waals surface area (Å²) in [6, 6.07) is 3.22. The molecule has 0 unspecified atom stereocenters. The molecule has 0 aliphatic heterocycles. The molecule has 0 saturated carbocycles. The first kappa shape index (κ1) is 8.44. The maximum Gasteiger partial charge on any atom is 0.247 e. The molecule has 0 bridgehead atoms. The Labute approximate surface area is 76.4 Å². The Hall–Kier alpha value is 0.340. The van der Waals surface area contributed by atoms with E-state index in [-0.39, 0.29) is 4.21 Å². The molecule has 10 heavy (non-hydrogen) atoms. The maximum atomic E-state index is 10.6. The fraction of sp³-hybridized carbons (Fsp3) is 0. The summed E-state index contributed by atoms with van der Waals surface area (Å²) in [6.07, 6.45) is 0. The van der Waals surface area contributed by atoms with Gasteiger partial charge >= 0.3 is 0 Å². The number of primary sulfonamides is 1. The summed E-state index contributed by atoms with van der Waals surface area (Å²) in [5.74, 6) is 0. The lowest BCUT2D eigenvalue weighted by atomic mass is 10.7. The predicted octanol–water partition coefficient (Wildman–Crippen LogP) is 1.00. The van der Waals surface area contributed by atoms with Gasteiger partial charge in [0.1, 0.15) is 4.21 Å². The molecular formula is C4H4INO2S2. The van der Waals surface area contributed by atoms with Gasteiger partial charge < -0.3 is 0 Å². The molecule has 56 valence electrons. The van der Waals surface area contributed by atoms with Crippen LogP contribution >= 0.6 is 33.9 Å². The van der Waals surface area contributed by atoms with Crippen molar-refractivity contribution >= 4 is 44.0 Å². The Bertz CT molecular complexity index is 329. The van der Waals surface area contributed by atoms with E-state index >= 15 is 0 Å². The topological polar surface area (TPSA) is 60.2 Å². The largest absolute Gasteiger partial charge is 0.247 e. The zero-order valence-electron chi connectivity index (χ0n) is 4.74. The van der Waals surface area contributed by atoms with Crippen LogP contribution in [0, 0.1) is 2.88 Å². The van der Waals surface area contributed by atoms with E-state index in [0.29, 0.717) is 0 Å². The van der Waals surface area contributed by atoms with E-state index in [9.17, 15) is 8.42 Å². The molecule has 0 spiro atoms. The van der Waals surface area contributed by atoms with Gasteiger partial charge in [0.25, 0.3) is 0 Å². The summed E-state index contributed by atoms with van der Waals surface area (Å²) in [4.78, 5) is 0. The number of halogens is 1. The van der Waals surface area contributed by atoms with Gasteiger partial charge in [-0.1, -0.05) is 0 Å². The van der Waals surface area contributed by atoms with Gasteiger partial charge in [0.2, 0.25) is 10.0 Å². The molecule has 0 aliphatic rings. The Morgan fingerprint density at radius 2 is 2.10 bits per heavy atom. The Morgan fingerprint density at radius 3 is 2.30 bits per heavy atom. The van der Waals surface area contributed by atoms with E-state index in [0.717, 1.165) is 2.88 Å². The number of sulfonamides is 1. The molecule has 0 atom stereocenters. The maximum absolute atomic E-state index is 10.6. The molecule has 1 aromatic rings. The third kappa shape index (κ3) is 1.91. The molecule has 6 heteroatoms. The SMILES string of the molecule is NS(=O)(=O)c1ccc(I)s1. The summed E-state index contributed by atoms with van der Waals surface area (Å²) < 4.78 is 22.4. The van der Waals surface area contributed by atoms with Crippen molar-refractivity contribution in [2.75, 3.05) is 0 Å². The highest BCUT2D eigenvalue weighted by Crippen LogP contribution is 2.21. The first-order valence-electron chi connectivity index (χ1n) is 2.28. The van der Waals surface area contributed by atoms with Crippen LogP contribution in [0.25, 0.3) is 0 Å². The number of thiophene rings is 1. The van der Waals surface area contributed by atoms with Crippen LogP contribution < -0.4 is 5.14 Å². The van der Waals surface area contributed by atoms with Crippen molar-refractivity contribution in [3.8, 4) is 0 Å². The van der Waals surface area contributed by atoms with Crippen LogP contribution in [0.5, 0.6) is 0 Å². The lowest BCUT2D eigenvalue weighted by molar-refractivity contribution is 0.600. The van der Waals surface area contributed by atoms with E-state index in [2.05, 4.69) is 0 Å². The van der Waals surface area contributed by atoms with Gasteiger partial charge in [-0.15, -0.1) is 11.3 Å². The van der Waals surface area contributed by atoms with Crippen LogP contribution in [0.2, 0.25) is 0 Å². The van der Waals surface area contributed by atoms with Crippen molar-refractivity contribution in [3.05, 3.63) is 15.0 Å². The molecule has 1 heterocycles. The van der Waals surface area contributed by atoms with E-state index in [4.69, 9.17) is 5.14 Å². The highest BCUT2D eigenvalue weighted by molar-refractivity contribution is 14.1. The molecule has 3 nitrogen and oxygen atoms in total.